The summed E-state index contributed by atoms with van der Waals surface area (Å²) >= 11 is 3.28. The van der Waals surface area contributed by atoms with Gasteiger partial charge in [0.15, 0.2) is 0 Å². The summed E-state index contributed by atoms with van der Waals surface area (Å²) in [6.45, 7) is 0. The van der Waals surface area contributed by atoms with E-state index in [1.165, 1.54) is 6.42 Å². The molecule has 0 heterocycles. The van der Waals surface area contributed by atoms with Crippen LogP contribution in [0.4, 0.5) is 0 Å². The van der Waals surface area contributed by atoms with Crippen LogP contribution in [-0.4, -0.2) is 14.5 Å². The minimum Gasteiger partial charge on any atom is -0.263 e. The summed E-state index contributed by atoms with van der Waals surface area (Å²) in [5.74, 6) is 0. The molecule has 0 radical (unpaired) electrons. The molecule has 1 aromatic carbocycles. The van der Waals surface area contributed by atoms with Crippen LogP contribution in [0.15, 0.2) is 33.6 Å². The lowest BCUT2D eigenvalue weighted by molar-refractivity contribution is 0.162. The van der Waals surface area contributed by atoms with Crippen molar-refractivity contribution in [1.82, 2.24) is 0 Å². The molecule has 1 saturated carbocycles. The molecule has 0 aromatic heterocycles. The zero-order chi connectivity index (χ0) is 12.3. The molecule has 5 heteroatoms. The monoisotopic (exact) mass is 318 g/mol. The van der Waals surface area contributed by atoms with Crippen LogP contribution in [0, 0.1) is 0 Å². The molecule has 2 rings (SSSR count). The Hall–Kier alpha value is -0.390. The first-order chi connectivity index (χ1) is 8.08. The normalized spacial score (nSPS) is 18.2. The van der Waals surface area contributed by atoms with Gasteiger partial charge in [0.05, 0.1) is 11.0 Å². The van der Waals surface area contributed by atoms with E-state index in [4.69, 9.17) is 4.18 Å². The van der Waals surface area contributed by atoms with E-state index >= 15 is 0 Å². The second-order valence-corrected chi connectivity index (χ2v) is 6.75. The molecule has 0 aliphatic heterocycles. The Morgan fingerprint density at radius 2 is 1.65 bits per heavy atom. The molecular weight excluding hydrogens is 304 g/mol. The number of halogens is 1. The van der Waals surface area contributed by atoms with E-state index in [1.54, 1.807) is 24.3 Å². The van der Waals surface area contributed by atoms with Crippen LogP contribution in [-0.2, 0) is 14.3 Å². The Kier molecular flexibility index (Phi) is 4.22. The average molecular weight is 319 g/mol. The first-order valence-corrected chi connectivity index (χ1v) is 7.97. The molecule has 0 unspecified atom stereocenters. The zero-order valence-electron chi connectivity index (χ0n) is 9.43. The summed E-state index contributed by atoms with van der Waals surface area (Å²) in [4.78, 5) is 0.228. The lowest BCUT2D eigenvalue weighted by atomic mass is 9.98. The largest absolute Gasteiger partial charge is 0.297 e. The average Bonchev–Trinajstić information content (AvgIpc) is 2.30. The van der Waals surface area contributed by atoms with Gasteiger partial charge in [-0.3, -0.25) is 4.18 Å². The van der Waals surface area contributed by atoms with Crippen molar-refractivity contribution in [3.05, 3.63) is 28.7 Å². The Morgan fingerprint density at radius 3 is 2.24 bits per heavy atom. The van der Waals surface area contributed by atoms with Crippen LogP contribution in [0.2, 0.25) is 0 Å². The van der Waals surface area contributed by atoms with Gasteiger partial charge in [0.25, 0.3) is 10.1 Å². The van der Waals surface area contributed by atoms with Gasteiger partial charge in [0.1, 0.15) is 0 Å². The summed E-state index contributed by atoms with van der Waals surface area (Å²) in [5, 5.41) is 0. The topological polar surface area (TPSA) is 43.4 Å². The minimum atomic E-state index is -3.60. The molecule has 17 heavy (non-hydrogen) atoms. The first-order valence-electron chi connectivity index (χ1n) is 5.77. The molecule has 0 N–H and O–H groups in total. The molecule has 1 aliphatic carbocycles. The van der Waals surface area contributed by atoms with Gasteiger partial charge in [-0.05, 0) is 37.1 Å². The fourth-order valence-electron chi connectivity index (χ4n) is 2.00. The fourth-order valence-corrected chi connectivity index (χ4v) is 3.39. The van der Waals surface area contributed by atoms with Gasteiger partial charge in [0, 0.05) is 4.47 Å². The summed E-state index contributed by atoms with van der Waals surface area (Å²) in [7, 11) is -3.60. The third-order valence-electron chi connectivity index (χ3n) is 2.92. The van der Waals surface area contributed by atoms with Crippen molar-refractivity contribution in [1.29, 1.82) is 0 Å². The van der Waals surface area contributed by atoms with Crippen LogP contribution in [0.1, 0.15) is 32.1 Å². The third-order valence-corrected chi connectivity index (χ3v) is 4.82. The highest BCUT2D eigenvalue weighted by Crippen LogP contribution is 2.25. The van der Waals surface area contributed by atoms with Crippen molar-refractivity contribution >= 4 is 26.0 Å². The van der Waals surface area contributed by atoms with Crippen LogP contribution < -0.4 is 0 Å². The second-order valence-electron chi connectivity index (χ2n) is 4.26. The molecule has 0 saturated heterocycles. The number of hydrogen-bond acceptors (Lipinski definition) is 3. The molecule has 0 amide bonds. The van der Waals surface area contributed by atoms with Crippen LogP contribution in [0.5, 0.6) is 0 Å². The van der Waals surface area contributed by atoms with E-state index in [2.05, 4.69) is 15.9 Å². The quantitative estimate of drug-likeness (QED) is 0.801. The van der Waals surface area contributed by atoms with Gasteiger partial charge in [-0.25, -0.2) is 0 Å². The van der Waals surface area contributed by atoms with Crippen molar-refractivity contribution in [2.45, 2.75) is 43.1 Å². The van der Waals surface area contributed by atoms with Crippen molar-refractivity contribution in [3.8, 4) is 0 Å². The predicted octanol–water partition coefficient (Wildman–Crippen LogP) is 3.49. The van der Waals surface area contributed by atoms with Crippen molar-refractivity contribution < 1.29 is 12.6 Å². The molecule has 3 nitrogen and oxygen atoms in total. The highest BCUT2D eigenvalue weighted by molar-refractivity contribution is 9.10. The van der Waals surface area contributed by atoms with E-state index in [0.717, 1.165) is 30.2 Å². The number of benzene rings is 1. The summed E-state index contributed by atoms with van der Waals surface area (Å²) < 4.78 is 30.1. The Balaban J connectivity index is 2.10. The summed E-state index contributed by atoms with van der Waals surface area (Å²) in [6, 6.07) is 6.53. The van der Waals surface area contributed by atoms with E-state index in [-0.39, 0.29) is 11.0 Å². The van der Waals surface area contributed by atoms with Crippen LogP contribution in [0.3, 0.4) is 0 Å². The second kappa shape index (κ2) is 5.50. The Bertz CT molecular complexity index is 461. The molecule has 0 spiro atoms. The molecule has 0 bridgehead atoms. The van der Waals surface area contributed by atoms with E-state index in [0.29, 0.717) is 0 Å². The van der Waals surface area contributed by atoms with Crippen molar-refractivity contribution in [3.63, 3.8) is 0 Å². The maximum atomic E-state index is 12.0. The molecule has 1 fully saturated rings. The van der Waals surface area contributed by atoms with Gasteiger partial charge < -0.3 is 0 Å². The van der Waals surface area contributed by atoms with Gasteiger partial charge in [-0.1, -0.05) is 35.2 Å². The smallest absolute Gasteiger partial charge is 0.263 e. The van der Waals surface area contributed by atoms with E-state index in [1.807, 2.05) is 0 Å². The Morgan fingerprint density at radius 1 is 1.06 bits per heavy atom. The maximum Gasteiger partial charge on any atom is 0.297 e. The predicted molar refractivity (Wildman–Crippen MR) is 69.3 cm³/mol. The van der Waals surface area contributed by atoms with Crippen molar-refractivity contribution in [2.24, 2.45) is 0 Å². The SMILES string of the molecule is O=S(=O)(OC1CCCCC1)c1ccc(Br)cc1. The lowest BCUT2D eigenvalue weighted by Crippen LogP contribution is -2.21. The summed E-state index contributed by atoms with van der Waals surface area (Å²) in [6.07, 6.45) is 4.84. The van der Waals surface area contributed by atoms with Crippen LogP contribution >= 0.6 is 15.9 Å². The minimum absolute atomic E-state index is 0.141. The zero-order valence-corrected chi connectivity index (χ0v) is 11.8. The maximum absolute atomic E-state index is 12.0. The van der Waals surface area contributed by atoms with E-state index < -0.39 is 10.1 Å². The molecule has 1 aromatic rings. The third kappa shape index (κ3) is 3.53. The summed E-state index contributed by atoms with van der Waals surface area (Å²) in [5.41, 5.74) is 0. The van der Waals surface area contributed by atoms with Gasteiger partial charge >= 0.3 is 0 Å². The molecule has 0 atom stereocenters. The van der Waals surface area contributed by atoms with E-state index in [9.17, 15) is 8.42 Å². The van der Waals surface area contributed by atoms with Gasteiger partial charge in [-0.15, -0.1) is 0 Å². The first kappa shape index (κ1) is 13.1. The fraction of sp³-hybridized carbons (Fsp3) is 0.500. The molecule has 94 valence electrons. The number of rotatable bonds is 3. The highest BCUT2D eigenvalue weighted by atomic mass is 79.9. The number of hydrogen-bond donors (Lipinski definition) is 0. The highest BCUT2D eigenvalue weighted by Gasteiger charge is 2.23. The molecular formula is C12H15BrO3S. The van der Waals surface area contributed by atoms with Gasteiger partial charge in [-0.2, -0.15) is 8.42 Å². The van der Waals surface area contributed by atoms with Gasteiger partial charge in [0.2, 0.25) is 0 Å². The molecule has 1 aliphatic rings. The van der Waals surface area contributed by atoms with Crippen LogP contribution in [0.25, 0.3) is 0 Å². The lowest BCUT2D eigenvalue weighted by Gasteiger charge is -2.21. The standard InChI is InChI=1S/C12H15BrO3S/c13-10-6-8-12(9-7-10)17(14,15)16-11-4-2-1-3-5-11/h6-9,11H,1-5H2. The van der Waals surface area contributed by atoms with Crippen molar-refractivity contribution in [2.75, 3.05) is 0 Å². The Labute approximate surface area is 110 Å².